The van der Waals surface area contributed by atoms with Gasteiger partial charge in [-0.2, -0.15) is 0 Å². The fourth-order valence-corrected chi connectivity index (χ4v) is 5.28. The van der Waals surface area contributed by atoms with Gasteiger partial charge in [0, 0.05) is 13.1 Å². The lowest BCUT2D eigenvalue weighted by Gasteiger charge is -2.27. The number of hydrogen-bond donors (Lipinski definition) is 1. The van der Waals surface area contributed by atoms with Gasteiger partial charge in [0.05, 0.1) is 11.8 Å². The first-order valence-corrected chi connectivity index (χ1v) is 12.0. The Morgan fingerprint density at radius 1 is 1.00 bits per heavy atom. The van der Waals surface area contributed by atoms with Crippen molar-refractivity contribution in [2.75, 3.05) is 13.1 Å². The van der Waals surface area contributed by atoms with Gasteiger partial charge in [-0.1, -0.05) is 50.3 Å². The maximum Gasteiger partial charge on any atom is 0.243 e. The van der Waals surface area contributed by atoms with E-state index in [4.69, 9.17) is 0 Å². The van der Waals surface area contributed by atoms with Crippen molar-refractivity contribution in [2.45, 2.75) is 65.1 Å². The van der Waals surface area contributed by atoms with Gasteiger partial charge in [-0.15, -0.1) is 0 Å². The Hall–Kier alpha value is -2.47. The van der Waals surface area contributed by atoms with E-state index < -0.39 is 6.04 Å². The summed E-state index contributed by atoms with van der Waals surface area (Å²) in [7, 11) is 0. The zero-order chi connectivity index (χ0) is 22.7. The van der Waals surface area contributed by atoms with Crippen LogP contribution in [0.15, 0.2) is 36.4 Å². The minimum atomic E-state index is -0.744. The Morgan fingerprint density at radius 2 is 1.59 bits per heavy atom. The van der Waals surface area contributed by atoms with Gasteiger partial charge in [-0.25, -0.2) is 0 Å². The molecule has 2 aliphatic heterocycles. The molecule has 3 amide bonds. The number of amides is 3. The topological polar surface area (TPSA) is 69.7 Å². The second-order valence-corrected chi connectivity index (χ2v) is 9.82. The summed E-state index contributed by atoms with van der Waals surface area (Å²) in [6.45, 7) is 7.57. The summed E-state index contributed by atoms with van der Waals surface area (Å²) in [5.41, 5.74) is 2.31. The van der Waals surface area contributed by atoms with E-state index in [2.05, 4.69) is 22.3 Å². The van der Waals surface area contributed by atoms with Gasteiger partial charge in [0.25, 0.3) is 0 Å². The smallest absolute Gasteiger partial charge is 0.243 e. The number of hydrogen-bond acceptors (Lipinski definition) is 4. The van der Waals surface area contributed by atoms with Crippen LogP contribution in [0.1, 0.15) is 57.1 Å². The molecule has 0 spiro atoms. The molecule has 32 heavy (non-hydrogen) atoms. The molecular weight excluding hydrogens is 402 g/mol. The quantitative estimate of drug-likeness (QED) is 0.501. The van der Waals surface area contributed by atoms with Gasteiger partial charge in [-0.05, 0) is 62.2 Å². The summed E-state index contributed by atoms with van der Waals surface area (Å²) in [5, 5.41) is 3.05. The molecule has 4 rings (SSSR count). The van der Waals surface area contributed by atoms with Crippen molar-refractivity contribution in [1.29, 1.82) is 0 Å². The van der Waals surface area contributed by atoms with E-state index in [0.29, 0.717) is 25.8 Å². The molecule has 3 aliphatic rings. The molecule has 3 atom stereocenters. The zero-order valence-electron chi connectivity index (χ0n) is 19.3. The van der Waals surface area contributed by atoms with Crippen LogP contribution in [0.5, 0.6) is 0 Å². The average Bonchev–Trinajstić information content (AvgIpc) is 3.38. The maximum atomic E-state index is 13.3. The third kappa shape index (κ3) is 4.80. The van der Waals surface area contributed by atoms with Gasteiger partial charge in [-0.3, -0.25) is 24.2 Å². The molecule has 1 N–H and O–H groups in total. The van der Waals surface area contributed by atoms with Crippen molar-refractivity contribution in [3.05, 3.63) is 47.5 Å². The summed E-state index contributed by atoms with van der Waals surface area (Å²) in [6.07, 6.45) is 8.09. The Balaban J connectivity index is 1.46. The Labute approximate surface area is 191 Å². The molecule has 0 bridgehead atoms. The molecule has 2 fully saturated rings. The molecule has 0 saturated carbocycles. The van der Waals surface area contributed by atoms with Crippen molar-refractivity contribution in [1.82, 2.24) is 15.1 Å². The number of nitrogens with zero attached hydrogens (tertiary/aromatic N) is 2. The van der Waals surface area contributed by atoms with Crippen LogP contribution >= 0.6 is 0 Å². The van der Waals surface area contributed by atoms with Gasteiger partial charge >= 0.3 is 0 Å². The number of rotatable bonds is 8. The molecular formula is C26H35N3O3. The highest BCUT2D eigenvalue weighted by molar-refractivity contribution is 6.08. The van der Waals surface area contributed by atoms with E-state index in [-0.39, 0.29) is 35.5 Å². The third-order valence-electron chi connectivity index (χ3n) is 7.01. The lowest BCUT2D eigenvalue weighted by molar-refractivity contribution is -0.148. The van der Waals surface area contributed by atoms with Crippen LogP contribution in [0.2, 0.25) is 0 Å². The summed E-state index contributed by atoms with van der Waals surface area (Å²) < 4.78 is 0. The first kappa shape index (κ1) is 22.7. The van der Waals surface area contributed by atoms with E-state index in [0.717, 1.165) is 25.2 Å². The minimum absolute atomic E-state index is 0.181. The largest absolute Gasteiger partial charge is 0.350 e. The van der Waals surface area contributed by atoms with Crippen LogP contribution in [0.4, 0.5) is 0 Å². The summed E-state index contributed by atoms with van der Waals surface area (Å²) in [5.74, 6) is -1.02. The highest BCUT2D eigenvalue weighted by Crippen LogP contribution is 2.37. The van der Waals surface area contributed by atoms with Gasteiger partial charge in [0.15, 0.2) is 0 Å². The Morgan fingerprint density at radius 3 is 2.19 bits per heavy atom. The molecule has 1 aromatic carbocycles. The van der Waals surface area contributed by atoms with Crippen LogP contribution < -0.4 is 5.32 Å². The van der Waals surface area contributed by atoms with E-state index in [1.54, 1.807) is 0 Å². The average molecular weight is 438 g/mol. The number of allylic oxidation sites excluding steroid dienone is 2. The number of carbonyl (C=O) groups is 3. The Kier molecular flexibility index (Phi) is 7.09. The number of fused-ring (bicyclic) bond motifs is 1. The monoisotopic (exact) mass is 437 g/mol. The normalized spacial score (nSPS) is 24.3. The zero-order valence-corrected chi connectivity index (χ0v) is 19.3. The number of nitrogens with one attached hydrogen (secondary N) is 1. The van der Waals surface area contributed by atoms with Crippen molar-refractivity contribution >= 4 is 17.7 Å². The third-order valence-corrected chi connectivity index (χ3v) is 7.01. The fourth-order valence-electron chi connectivity index (χ4n) is 5.28. The van der Waals surface area contributed by atoms with E-state index in [1.807, 2.05) is 38.1 Å². The van der Waals surface area contributed by atoms with E-state index in [1.165, 1.54) is 23.3 Å². The molecule has 0 aromatic heterocycles. The SMILES string of the molecule is CC(C)CC(C(=O)NCc1ccccc1CN1CCCC1)N1C(=O)C2CC=CCC2C1=O. The molecule has 6 heteroatoms. The van der Waals surface area contributed by atoms with E-state index in [9.17, 15) is 14.4 Å². The first-order chi connectivity index (χ1) is 15.5. The van der Waals surface area contributed by atoms with Crippen molar-refractivity contribution in [3.63, 3.8) is 0 Å². The summed E-state index contributed by atoms with van der Waals surface area (Å²) >= 11 is 0. The van der Waals surface area contributed by atoms with Gasteiger partial charge < -0.3 is 5.32 Å². The van der Waals surface area contributed by atoms with Crippen LogP contribution in [0, 0.1) is 17.8 Å². The van der Waals surface area contributed by atoms with Gasteiger partial charge in [0.2, 0.25) is 17.7 Å². The summed E-state index contributed by atoms with van der Waals surface area (Å²) in [4.78, 5) is 43.2. The first-order valence-electron chi connectivity index (χ1n) is 12.0. The number of carbonyl (C=O) groups excluding carboxylic acids is 3. The predicted molar refractivity (Wildman–Crippen MR) is 123 cm³/mol. The van der Waals surface area contributed by atoms with Crippen LogP contribution in [0.25, 0.3) is 0 Å². The second-order valence-electron chi connectivity index (χ2n) is 9.82. The van der Waals surface area contributed by atoms with Crippen molar-refractivity contribution in [3.8, 4) is 0 Å². The summed E-state index contributed by atoms with van der Waals surface area (Å²) in [6, 6.07) is 7.46. The molecule has 3 unspecified atom stereocenters. The molecule has 1 aliphatic carbocycles. The highest BCUT2D eigenvalue weighted by atomic mass is 16.2. The van der Waals surface area contributed by atoms with Crippen molar-refractivity contribution in [2.24, 2.45) is 17.8 Å². The maximum absolute atomic E-state index is 13.3. The fraction of sp³-hybridized carbons (Fsp3) is 0.577. The van der Waals surface area contributed by atoms with E-state index >= 15 is 0 Å². The number of imide groups is 1. The Bertz CT molecular complexity index is 862. The second kappa shape index (κ2) is 9.99. The molecule has 2 saturated heterocycles. The number of likely N-dealkylation sites (tertiary alicyclic amines) is 2. The molecule has 1 aromatic rings. The number of benzene rings is 1. The predicted octanol–water partition coefficient (Wildman–Crippen LogP) is 3.26. The standard InChI is InChI=1S/C26H35N3O3/c1-18(2)15-23(29-25(31)21-11-5-6-12-22(21)26(29)32)24(30)27-16-19-9-3-4-10-20(19)17-28-13-7-8-14-28/h3-6,9-10,18,21-23H,7-8,11-17H2,1-2H3,(H,27,30). The molecule has 6 nitrogen and oxygen atoms in total. The molecule has 0 radical (unpaired) electrons. The minimum Gasteiger partial charge on any atom is -0.350 e. The van der Waals surface area contributed by atoms with Crippen LogP contribution in [-0.2, 0) is 27.5 Å². The molecule has 172 valence electrons. The van der Waals surface area contributed by atoms with Crippen LogP contribution in [0.3, 0.4) is 0 Å². The lowest BCUT2D eigenvalue weighted by Crippen LogP contribution is -2.50. The van der Waals surface area contributed by atoms with Crippen LogP contribution in [-0.4, -0.2) is 46.7 Å². The van der Waals surface area contributed by atoms with Crippen molar-refractivity contribution < 1.29 is 14.4 Å². The lowest BCUT2D eigenvalue weighted by atomic mass is 9.85. The van der Waals surface area contributed by atoms with Gasteiger partial charge in [0.1, 0.15) is 6.04 Å². The molecule has 2 heterocycles. The highest BCUT2D eigenvalue weighted by Gasteiger charge is 2.51.